The van der Waals surface area contributed by atoms with Gasteiger partial charge in [0.2, 0.25) is 5.88 Å². The standard InChI is InChI=1S/C38H43N3O4S/c1-8-44-34-19-16-28(23-40-34)27-14-12-26(13-15-27)24-41-32-18-17-29(45-25(2)31-11-9-10-20-39-31)21-30(32)35(46-37(3,4)5)33(41)22-38(6,7)36(42)43/h9-21,23,25H,8,22,24H2,1-7H3,(H,42,43). The molecule has 0 aliphatic rings. The minimum absolute atomic E-state index is 0.104. The van der Waals surface area contributed by atoms with Crippen molar-refractivity contribution in [1.29, 1.82) is 0 Å². The number of rotatable bonds is 12. The molecule has 3 aromatic heterocycles. The third kappa shape index (κ3) is 7.73. The highest BCUT2D eigenvalue weighted by molar-refractivity contribution is 8.00. The van der Waals surface area contributed by atoms with Crippen LogP contribution in [0.4, 0.5) is 0 Å². The second-order valence-corrected chi connectivity index (χ2v) is 15.0. The second kappa shape index (κ2) is 13.6. The molecule has 0 spiro atoms. The molecule has 7 nitrogen and oxygen atoms in total. The minimum Gasteiger partial charge on any atom is -0.484 e. The van der Waals surface area contributed by atoms with Crippen molar-refractivity contribution in [3.05, 3.63) is 102 Å². The maximum absolute atomic E-state index is 12.4. The summed E-state index contributed by atoms with van der Waals surface area (Å²) in [4.78, 5) is 22.4. The van der Waals surface area contributed by atoms with Crippen LogP contribution in [0.15, 0.2) is 90.1 Å². The normalized spacial score (nSPS) is 12.7. The molecule has 0 aliphatic heterocycles. The fourth-order valence-corrected chi connectivity index (χ4v) is 6.54. The highest BCUT2D eigenvalue weighted by Gasteiger charge is 2.33. The highest BCUT2D eigenvalue weighted by atomic mass is 32.2. The van der Waals surface area contributed by atoms with Crippen LogP contribution < -0.4 is 9.47 Å². The number of carboxylic acids is 1. The molecule has 0 bridgehead atoms. The molecular weight excluding hydrogens is 595 g/mol. The Morgan fingerprint density at radius 3 is 2.30 bits per heavy atom. The lowest BCUT2D eigenvalue weighted by Gasteiger charge is -2.24. The fraction of sp³-hybridized carbons (Fsp3) is 0.342. The fourth-order valence-electron chi connectivity index (χ4n) is 5.35. The lowest BCUT2D eigenvalue weighted by Crippen LogP contribution is -2.28. The van der Waals surface area contributed by atoms with E-state index in [0.29, 0.717) is 25.5 Å². The molecule has 3 heterocycles. The number of benzene rings is 2. The second-order valence-electron chi connectivity index (χ2n) is 13.2. The minimum atomic E-state index is -0.962. The average molecular weight is 638 g/mol. The Hall–Kier alpha value is -4.30. The first kappa shape index (κ1) is 33.1. The molecule has 0 saturated heterocycles. The van der Waals surface area contributed by atoms with Crippen LogP contribution in [0.3, 0.4) is 0 Å². The van der Waals surface area contributed by atoms with E-state index in [4.69, 9.17) is 9.47 Å². The number of carbonyl (C=O) groups is 1. The number of nitrogens with zero attached hydrogens (tertiary/aromatic N) is 3. The molecule has 2 aromatic carbocycles. The van der Waals surface area contributed by atoms with Gasteiger partial charge in [-0.05, 0) is 75.2 Å². The summed E-state index contributed by atoms with van der Waals surface area (Å²) in [5.41, 5.74) is 5.15. The van der Waals surface area contributed by atoms with Gasteiger partial charge in [0.25, 0.3) is 0 Å². The summed E-state index contributed by atoms with van der Waals surface area (Å²) in [6.07, 6.45) is 3.75. The van der Waals surface area contributed by atoms with Gasteiger partial charge < -0.3 is 19.1 Å². The highest BCUT2D eigenvalue weighted by Crippen LogP contribution is 2.44. The van der Waals surface area contributed by atoms with E-state index in [1.807, 2.05) is 56.4 Å². The van der Waals surface area contributed by atoms with Crippen LogP contribution in [-0.2, 0) is 17.8 Å². The van der Waals surface area contributed by atoms with E-state index in [0.717, 1.165) is 49.6 Å². The number of ether oxygens (including phenoxy) is 2. The maximum atomic E-state index is 12.4. The monoisotopic (exact) mass is 637 g/mol. The van der Waals surface area contributed by atoms with Crippen LogP contribution in [0, 0.1) is 5.41 Å². The molecule has 5 aromatic rings. The number of aliphatic carboxylic acids is 1. The van der Waals surface area contributed by atoms with E-state index in [9.17, 15) is 9.90 Å². The molecule has 0 saturated carbocycles. The largest absolute Gasteiger partial charge is 0.484 e. The third-order valence-electron chi connectivity index (χ3n) is 7.76. The molecule has 0 fully saturated rings. The Kier molecular flexibility index (Phi) is 9.77. The van der Waals surface area contributed by atoms with Gasteiger partial charge in [0.1, 0.15) is 11.9 Å². The number of hydrogen-bond donors (Lipinski definition) is 1. The number of thioether (sulfide) groups is 1. The van der Waals surface area contributed by atoms with Gasteiger partial charge in [-0.25, -0.2) is 4.98 Å². The van der Waals surface area contributed by atoms with E-state index >= 15 is 0 Å². The van der Waals surface area contributed by atoms with Gasteiger partial charge in [0, 0.05) is 63.2 Å². The topological polar surface area (TPSA) is 86.5 Å². The predicted molar refractivity (Wildman–Crippen MR) is 186 cm³/mol. The zero-order chi connectivity index (χ0) is 33.1. The Balaban J connectivity index is 1.57. The lowest BCUT2D eigenvalue weighted by molar-refractivity contribution is -0.146. The predicted octanol–water partition coefficient (Wildman–Crippen LogP) is 9.23. The van der Waals surface area contributed by atoms with Gasteiger partial charge in [0.15, 0.2) is 0 Å². The molecule has 1 unspecified atom stereocenters. The van der Waals surface area contributed by atoms with Crippen molar-refractivity contribution in [2.75, 3.05) is 6.61 Å². The lowest BCUT2D eigenvalue weighted by atomic mass is 9.88. The number of hydrogen-bond acceptors (Lipinski definition) is 6. The number of carboxylic acid groups (broad SMARTS) is 1. The van der Waals surface area contributed by atoms with Crippen molar-refractivity contribution in [2.24, 2.45) is 5.41 Å². The molecule has 240 valence electrons. The van der Waals surface area contributed by atoms with Gasteiger partial charge in [-0.1, -0.05) is 51.1 Å². The van der Waals surface area contributed by atoms with Gasteiger partial charge in [0.05, 0.1) is 17.7 Å². The first-order valence-electron chi connectivity index (χ1n) is 15.7. The Morgan fingerprint density at radius 2 is 1.70 bits per heavy atom. The van der Waals surface area contributed by atoms with Gasteiger partial charge in [-0.3, -0.25) is 9.78 Å². The molecule has 1 atom stereocenters. The first-order chi connectivity index (χ1) is 21.8. The Bertz CT molecular complexity index is 1790. The van der Waals surface area contributed by atoms with Gasteiger partial charge >= 0.3 is 5.97 Å². The molecule has 1 N–H and O–H groups in total. The van der Waals surface area contributed by atoms with E-state index < -0.39 is 11.4 Å². The van der Waals surface area contributed by atoms with Crippen molar-refractivity contribution in [2.45, 2.75) is 77.2 Å². The van der Waals surface area contributed by atoms with Crippen LogP contribution in [0.2, 0.25) is 0 Å². The van der Waals surface area contributed by atoms with E-state index in [-0.39, 0.29) is 10.9 Å². The van der Waals surface area contributed by atoms with E-state index in [2.05, 4.69) is 71.7 Å². The number of aromatic nitrogens is 3. The summed E-state index contributed by atoms with van der Waals surface area (Å²) in [6.45, 7) is 15.3. The zero-order valence-corrected chi connectivity index (χ0v) is 28.5. The number of fused-ring (bicyclic) bond motifs is 1. The third-order valence-corrected chi connectivity index (χ3v) is 9.03. The van der Waals surface area contributed by atoms with Crippen molar-refractivity contribution in [3.8, 4) is 22.8 Å². The van der Waals surface area contributed by atoms with Crippen molar-refractivity contribution in [1.82, 2.24) is 14.5 Å². The molecule has 0 radical (unpaired) electrons. The molecular formula is C38H43N3O4S. The maximum Gasteiger partial charge on any atom is 0.309 e. The van der Waals surface area contributed by atoms with Crippen LogP contribution in [-0.4, -0.2) is 37.0 Å². The van der Waals surface area contributed by atoms with Crippen molar-refractivity contribution in [3.63, 3.8) is 0 Å². The van der Waals surface area contributed by atoms with Crippen LogP contribution in [0.25, 0.3) is 22.0 Å². The summed E-state index contributed by atoms with van der Waals surface area (Å²) in [5, 5.41) is 11.2. The summed E-state index contributed by atoms with van der Waals surface area (Å²) in [7, 11) is 0. The quantitative estimate of drug-likeness (QED) is 0.137. The average Bonchev–Trinajstić information content (AvgIpc) is 3.27. The van der Waals surface area contributed by atoms with E-state index in [1.165, 1.54) is 0 Å². The summed E-state index contributed by atoms with van der Waals surface area (Å²) in [6, 6.07) is 24.4. The molecule has 46 heavy (non-hydrogen) atoms. The molecule has 0 aliphatic carbocycles. The molecule has 8 heteroatoms. The smallest absolute Gasteiger partial charge is 0.309 e. The summed E-state index contributed by atoms with van der Waals surface area (Å²) < 4.78 is 14.1. The first-order valence-corrected chi connectivity index (χ1v) is 16.5. The zero-order valence-electron chi connectivity index (χ0n) is 27.7. The number of pyridine rings is 2. The molecule has 0 amide bonds. The van der Waals surface area contributed by atoms with Crippen molar-refractivity contribution < 1.29 is 19.4 Å². The summed E-state index contributed by atoms with van der Waals surface area (Å²) in [5.74, 6) is 0.538. The Morgan fingerprint density at radius 1 is 0.957 bits per heavy atom. The van der Waals surface area contributed by atoms with Crippen LogP contribution >= 0.6 is 11.8 Å². The summed E-state index contributed by atoms with van der Waals surface area (Å²) >= 11 is 1.77. The van der Waals surface area contributed by atoms with E-state index in [1.54, 1.807) is 31.8 Å². The van der Waals surface area contributed by atoms with Crippen molar-refractivity contribution >= 4 is 28.6 Å². The van der Waals surface area contributed by atoms with Gasteiger partial charge in [-0.15, -0.1) is 11.8 Å². The Labute approximate surface area is 276 Å². The van der Waals surface area contributed by atoms with Crippen LogP contribution in [0.5, 0.6) is 11.6 Å². The van der Waals surface area contributed by atoms with Crippen LogP contribution in [0.1, 0.15) is 71.5 Å². The molecule has 5 rings (SSSR count). The van der Waals surface area contributed by atoms with Gasteiger partial charge in [-0.2, -0.15) is 0 Å². The SMILES string of the molecule is CCOc1ccc(-c2ccc(Cn3c(CC(C)(C)C(=O)O)c(SC(C)(C)C)c4cc(OC(C)c5ccccn5)ccc43)cc2)cn1.